The minimum Gasteiger partial charge on any atom is -0.242 e. The maximum Gasteiger partial charge on any atom is 0.0941 e. The van der Waals surface area contributed by atoms with Crippen molar-refractivity contribution in [3.05, 3.63) is 70.1 Å². The van der Waals surface area contributed by atoms with E-state index in [4.69, 9.17) is 0 Å². The number of benzene rings is 2. The molecule has 0 aliphatic heterocycles. The summed E-state index contributed by atoms with van der Waals surface area (Å²) in [6.45, 7) is 2.06. The van der Waals surface area contributed by atoms with Gasteiger partial charge in [0.15, 0.2) is 0 Å². The second-order valence-electron chi connectivity index (χ2n) is 4.18. The van der Waals surface area contributed by atoms with Crippen LogP contribution in [0.4, 0.5) is 5.69 Å². The van der Waals surface area contributed by atoms with Crippen molar-refractivity contribution in [3.63, 3.8) is 0 Å². The van der Waals surface area contributed by atoms with Crippen LogP contribution in [0.5, 0.6) is 0 Å². The number of thioether (sulfide) groups is 1. The second-order valence-corrected chi connectivity index (χ2v) is 6.54. The van der Waals surface area contributed by atoms with Crippen LogP contribution >= 0.6 is 40.3 Å². The Kier molecular flexibility index (Phi) is 5.95. The van der Waals surface area contributed by atoms with Crippen LogP contribution in [-0.2, 0) is 0 Å². The van der Waals surface area contributed by atoms with E-state index in [2.05, 4.69) is 52.6 Å². The Morgan fingerprint density at radius 3 is 2.65 bits per heavy atom. The lowest BCUT2D eigenvalue weighted by molar-refractivity contribution is 1.44. The van der Waals surface area contributed by atoms with Crippen molar-refractivity contribution in [3.8, 4) is 0 Å². The van der Waals surface area contributed by atoms with E-state index in [-0.39, 0.29) is 0 Å². The molecule has 1 nitrogen and oxygen atoms in total. The molecule has 0 unspecified atom stereocenters. The third kappa shape index (κ3) is 5.19. The van der Waals surface area contributed by atoms with Gasteiger partial charge in [-0.3, -0.25) is 0 Å². The first kappa shape index (κ1) is 15.4. The molecule has 0 N–H and O–H groups in total. The summed E-state index contributed by atoms with van der Waals surface area (Å²) in [4.78, 5) is 5.59. The Morgan fingerprint density at radius 1 is 1.20 bits per heavy atom. The Bertz CT molecular complexity index is 633. The highest BCUT2D eigenvalue weighted by Gasteiger charge is 1.93. The highest BCUT2D eigenvalue weighted by atomic mass is 79.9. The van der Waals surface area contributed by atoms with E-state index in [1.807, 2.05) is 47.9 Å². The average Bonchev–Trinajstić information content (AvgIpc) is 2.41. The molecule has 0 spiro atoms. The molecule has 0 aliphatic carbocycles. The molecule has 0 atom stereocenters. The lowest BCUT2D eigenvalue weighted by Crippen LogP contribution is -1.78. The van der Waals surface area contributed by atoms with Crippen LogP contribution < -0.4 is 0 Å². The molecule has 0 aliphatic rings. The van der Waals surface area contributed by atoms with E-state index in [0.29, 0.717) is 5.04 Å². The maximum absolute atomic E-state index is 4.42. The fourth-order valence-electron chi connectivity index (χ4n) is 1.50. The molecule has 2 aromatic rings. The van der Waals surface area contributed by atoms with Gasteiger partial charge in [0.05, 0.1) is 10.7 Å². The molecule has 2 aromatic carbocycles. The topological polar surface area (TPSA) is 12.4 Å². The summed E-state index contributed by atoms with van der Waals surface area (Å²) in [6.07, 6.45) is 1.90. The molecule has 0 aromatic heterocycles. The molecule has 0 bridgehead atoms. The van der Waals surface area contributed by atoms with E-state index in [0.717, 1.165) is 10.2 Å². The summed E-state index contributed by atoms with van der Waals surface area (Å²) in [5.41, 5.74) is 2.14. The molecule has 2 rings (SSSR count). The Hall–Kier alpha value is -0.970. The normalized spacial score (nSPS) is 12.1. The number of thiol groups is 1. The van der Waals surface area contributed by atoms with E-state index in [9.17, 15) is 0 Å². The van der Waals surface area contributed by atoms with Crippen molar-refractivity contribution in [2.24, 2.45) is 4.99 Å². The zero-order valence-corrected chi connectivity index (χ0v) is 14.3. The summed E-state index contributed by atoms with van der Waals surface area (Å²) in [6, 6.07) is 16.2. The fraction of sp³-hybridized carbons (Fsp3) is 0.0625. The maximum atomic E-state index is 4.42. The third-order valence-corrected chi connectivity index (χ3v) is 4.04. The molecular weight excluding hydrogens is 350 g/mol. The van der Waals surface area contributed by atoms with Crippen molar-refractivity contribution in [2.45, 2.75) is 11.8 Å². The van der Waals surface area contributed by atoms with Crippen LogP contribution in [0.25, 0.3) is 0 Å². The van der Waals surface area contributed by atoms with E-state index in [1.54, 1.807) is 11.8 Å². The van der Waals surface area contributed by atoms with Crippen LogP contribution in [0.1, 0.15) is 5.56 Å². The Balaban J connectivity index is 1.98. The number of aryl methyl sites for hydroxylation is 1. The van der Waals surface area contributed by atoms with Gasteiger partial charge in [-0.2, -0.15) is 0 Å². The van der Waals surface area contributed by atoms with Gasteiger partial charge in [-0.25, -0.2) is 4.99 Å². The predicted molar refractivity (Wildman–Crippen MR) is 96.4 cm³/mol. The van der Waals surface area contributed by atoms with Crippen molar-refractivity contribution in [1.82, 2.24) is 0 Å². The first-order valence-electron chi connectivity index (χ1n) is 6.06. The smallest absolute Gasteiger partial charge is 0.0941 e. The molecule has 0 saturated heterocycles. The molecule has 4 heteroatoms. The second kappa shape index (κ2) is 7.72. The number of rotatable bonds is 4. The first-order valence-corrected chi connectivity index (χ1v) is 8.18. The van der Waals surface area contributed by atoms with Crippen molar-refractivity contribution >= 4 is 51.1 Å². The Morgan fingerprint density at radius 2 is 1.95 bits per heavy atom. The SMILES string of the molecule is Cc1ccc(N=C(S)C=CSc2cccc(Br)c2)cc1. The molecule has 0 amide bonds. The van der Waals surface area contributed by atoms with Gasteiger partial charge >= 0.3 is 0 Å². The molecule has 20 heavy (non-hydrogen) atoms. The predicted octanol–water partition coefficient (Wildman–Crippen LogP) is 6.02. The van der Waals surface area contributed by atoms with Crippen molar-refractivity contribution < 1.29 is 0 Å². The zero-order valence-electron chi connectivity index (χ0n) is 11.0. The standard InChI is InChI=1S/C16H14BrNS2/c1-12-5-7-14(8-6-12)18-16(19)9-10-20-15-4-2-3-13(17)11-15/h2-11H,1H3,(H,18,19). The van der Waals surface area contributed by atoms with Gasteiger partial charge in [0.25, 0.3) is 0 Å². The largest absolute Gasteiger partial charge is 0.242 e. The van der Waals surface area contributed by atoms with Crippen LogP contribution in [0.2, 0.25) is 0 Å². The molecule has 102 valence electrons. The van der Waals surface area contributed by atoms with Crippen LogP contribution in [-0.4, -0.2) is 5.04 Å². The molecule has 0 saturated carbocycles. The number of hydrogen-bond acceptors (Lipinski definition) is 2. The highest BCUT2D eigenvalue weighted by Crippen LogP contribution is 2.23. The molecule has 0 radical (unpaired) electrons. The first-order chi connectivity index (χ1) is 9.63. The summed E-state index contributed by atoms with van der Waals surface area (Å²) in [5, 5.41) is 2.68. The summed E-state index contributed by atoms with van der Waals surface area (Å²) < 4.78 is 1.08. The van der Waals surface area contributed by atoms with Gasteiger partial charge in [0.1, 0.15) is 0 Å². The number of nitrogens with zero attached hydrogens (tertiary/aromatic N) is 1. The van der Waals surface area contributed by atoms with Gasteiger partial charge in [-0.05, 0) is 48.7 Å². The van der Waals surface area contributed by atoms with Crippen LogP contribution in [0.3, 0.4) is 0 Å². The third-order valence-electron chi connectivity index (χ3n) is 2.49. The quantitative estimate of drug-likeness (QED) is 0.303. The van der Waals surface area contributed by atoms with Crippen molar-refractivity contribution in [1.29, 1.82) is 0 Å². The highest BCUT2D eigenvalue weighted by molar-refractivity contribution is 9.10. The lowest BCUT2D eigenvalue weighted by Gasteiger charge is -1.97. The van der Waals surface area contributed by atoms with Gasteiger partial charge in [0, 0.05) is 9.37 Å². The van der Waals surface area contributed by atoms with Gasteiger partial charge in [-0.15, -0.1) is 12.6 Å². The molecule has 0 heterocycles. The van der Waals surface area contributed by atoms with Gasteiger partial charge < -0.3 is 0 Å². The molecule has 0 fully saturated rings. The van der Waals surface area contributed by atoms with E-state index < -0.39 is 0 Å². The summed E-state index contributed by atoms with van der Waals surface area (Å²) >= 11 is 9.47. The van der Waals surface area contributed by atoms with Gasteiger partial charge in [0.2, 0.25) is 0 Å². The van der Waals surface area contributed by atoms with Crippen LogP contribution in [0, 0.1) is 6.92 Å². The number of hydrogen-bond donors (Lipinski definition) is 1. The summed E-state index contributed by atoms with van der Waals surface area (Å²) in [5.74, 6) is 0. The van der Waals surface area contributed by atoms with Crippen molar-refractivity contribution in [2.75, 3.05) is 0 Å². The fourth-order valence-corrected chi connectivity index (χ4v) is 3.05. The number of halogens is 1. The lowest BCUT2D eigenvalue weighted by atomic mass is 10.2. The van der Waals surface area contributed by atoms with Gasteiger partial charge in [-0.1, -0.05) is 51.5 Å². The monoisotopic (exact) mass is 363 g/mol. The minimum absolute atomic E-state index is 0.691. The Labute approximate surface area is 137 Å². The average molecular weight is 364 g/mol. The zero-order chi connectivity index (χ0) is 14.4. The van der Waals surface area contributed by atoms with E-state index in [1.165, 1.54) is 10.5 Å². The van der Waals surface area contributed by atoms with E-state index >= 15 is 0 Å². The van der Waals surface area contributed by atoms with Crippen LogP contribution in [0.15, 0.2) is 74.4 Å². The summed E-state index contributed by atoms with van der Waals surface area (Å²) in [7, 11) is 0. The minimum atomic E-state index is 0.691. The molecular formula is C16H14BrNS2. The number of aliphatic imine (C=N–C) groups is 1.